The molecular weight excluding hydrogens is 418 g/mol. The molecule has 1 aromatic carbocycles. The summed E-state index contributed by atoms with van der Waals surface area (Å²) in [4.78, 5) is 27.9. The standard InChI is InChI=1S/C23H25NO8/c25-22(20-17-18-3-1-2-4-21(18)32-23(20)26)31-16-14-29-12-10-27-9-11-28-13-15-30-19-5-7-24-8-6-19/h1-8,17H,9-16H2. The molecule has 0 aliphatic carbocycles. The van der Waals surface area contributed by atoms with Crippen LogP contribution < -0.4 is 10.4 Å². The fourth-order valence-corrected chi connectivity index (χ4v) is 2.67. The number of carbonyl (C=O) groups is 1. The Morgan fingerprint density at radius 2 is 1.44 bits per heavy atom. The van der Waals surface area contributed by atoms with E-state index >= 15 is 0 Å². The Balaban J connectivity index is 1.17. The molecule has 3 aromatic rings. The van der Waals surface area contributed by atoms with E-state index in [4.69, 9.17) is 28.1 Å². The van der Waals surface area contributed by atoms with E-state index < -0.39 is 11.6 Å². The zero-order valence-corrected chi connectivity index (χ0v) is 17.6. The zero-order valence-electron chi connectivity index (χ0n) is 17.6. The van der Waals surface area contributed by atoms with Crippen LogP contribution in [0.1, 0.15) is 10.4 Å². The highest BCUT2D eigenvalue weighted by Gasteiger charge is 2.14. The van der Waals surface area contributed by atoms with Gasteiger partial charge in [0.2, 0.25) is 0 Å². The quantitative estimate of drug-likeness (QED) is 0.211. The van der Waals surface area contributed by atoms with Crippen LogP contribution in [0.3, 0.4) is 0 Å². The third-order valence-corrected chi connectivity index (χ3v) is 4.21. The molecule has 0 saturated heterocycles. The first-order chi connectivity index (χ1) is 15.7. The van der Waals surface area contributed by atoms with E-state index in [1.165, 1.54) is 6.07 Å². The number of rotatable bonds is 14. The molecule has 0 bridgehead atoms. The summed E-state index contributed by atoms with van der Waals surface area (Å²) in [5.74, 6) is 0.0119. The molecule has 0 radical (unpaired) electrons. The highest BCUT2D eigenvalue weighted by atomic mass is 16.6. The third-order valence-electron chi connectivity index (χ3n) is 4.21. The largest absolute Gasteiger partial charge is 0.491 e. The molecule has 0 aliphatic heterocycles. The van der Waals surface area contributed by atoms with Crippen LogP contribution in [0, 0.1) is 0 Å². The molecule has 9 heteroatoms. The number of para-hydroxylation sites is 1. The SMILES string of the molecule is O=C(OCCOCCOCCOCCOc1ccncc1)c1cc2ccccc2oc1=O. The van der Waals surface area contributed by atoms with Gasteiger partial charge in [0.05, 0.1) is 39.6 Å². The highest BCUT2D eigenvalue weighted by Crippen LogP contribution is 2.13. The summed E-state index contributed by atoms with van der Waals surface area (Å²) >= 11 is 0. The fraction of sp³-hybridized carbons (Fsp3) is 0.348. The van der Waals surface area contributed by atoms with Crippen molar-refractivity contribution in [3.05, 3.63) is 70.8 Å². The number of esters is 1. The van der Waals surface area contributed by atoms with Crippen molar-refractivity contribution in [3.8, 4) is 5.75 Å². The lowest BCUT2D eigenvalue weighted by Gasteiger charge is -2.08. The fourth-order valence-electron chi connectivity index (χ4n) is 2.67. The minimum Gasteiger partial charge on any atom is -0.491 e. The third kappa shape index (κ3) is 7.77. The summed E-state index contributed by atoms with van der Waals surface area (Å²) in [6.07, 6.45) is 3.33. The molecule has 0 saturated carbocycles. The number of benzene rings is 1. The molecule has 2 aromatic heterocycles. The van der Waals surface area contributed by atoms with Gasteiger partial charge in [0.15, 0.2) is 0 Å². The van der Waals surface area contributed by atoms with Crippen LogP contribution in [0.25, 0.3) is 11.0 Å². The normalized spacial score (nSPS) is 10.9. The average molecular weight is 443 g/mol. The summed E-state index contributed by atoms with van der Waals surface area (Å²) in [5.41, 5.74) is -0.451. The van der Waals surface area contributed by atoms with Gasteiger partial charge in [-0.15, -0.1) is 0 Å². The van der Waals surface area contributed by atoms with Crippen molar-refractivity contribution in [3.63, 3.8) is 0 Å². The van der Waals surface area contributed by atoms with Crippen molar-refractivity contribution in [2.45, 2.75) is 0 Å². The Bertz CT molecular complexity index is 1020. The Morgan fingerprint density at radius 1 is 0.812 bits per heavy atom. The molecule has 0 unspecified atom stereocenters. The van der Waals surface area contributed by atoms with Crippen LogP contribution in [0.2, 0.25) is 0 Å². The maximum atomic E-state index is 12.1. The van der Waals surface area contributed by atoms with Crippen molar-refractivity contribution in [2.75, 3.05) is 52.9 Å². The molecule has 0 aliphatic rings. The second kappa shape index (κ2) is 13.2. The Labute approximate surface area is 184 Å². The summed E-state index contributed by atoms with van der Waals surface area (Å²) in [5, 5.41) is 0.651. The lowest BCUT2D eigenvalue weighted by Crippen LogP contribution is -2.19. The van der Waals surface area contributed by atoms with E-state index in [0.29, 0.717) is 50.6 Å². The van der Waals surface area contributed by atoms with Crippen LogP contribution in [0.4, 0.5) is 0 Å². The van der Waals surface area contributed by atoms with E-state index in [1.807, 2.05) is 0 Å². The van der Waals surface area contributed by atoms with Crippen molar-refractivity contribution in [1.82, 2.24) is 4.98 Å². The Morgan fingerprint density at radius 3 is 2.16 bits per heavy atom. The van der Waals surface area contributed by atoms with E-state index in [0.717, 1.165) is 5.75 Å². The molecule has 0 amide bonds. The summed E-state index contributed by atoms with van der Waals surface area (Å²) in [6, 6.07) is 12.0. The van der Waals surface area contributed by atoms with Gasteiger partial charge in [-0.05, 0) is 24.3 Å². The summed E-state index contributed by atoms with van der Waals surface area (Å²) in [6.45, 7) is 2.75. The van der Waals surface area contributed by atoms with Gasteiger partial charge in [-0.2, -0.15) is 0 Å². The van der Waals surface area contributed by atoms with Crippen molar-refractivity contribution in [2.24, 2.45) is 0 Å². The highest BCUT2D eigenvalue weighted by molar-refractivity contribution is 5.92. The predicted molar refractivity (Wildman–Crippen MR) is 115 cm³/mol. The molecule has 0 fully saturated rings. The molecule has 2 heterocycles. The summed E-state index contributed by atoms with van der Waals surface area (Å²) < 4.78 is 31.8. The Kier molecular flexibility index (Phi) is 9.66. The van der Waals surface area contributed by atoms with Gasteiger partial charge < -0.3 is 28.1 Å². The number of ether oxygens (including phenoxy) is 5. The van der Waals surface area contributed by atoms with Crippen molar-refractivity contribution >= 4 is 16.9 Å². The molecule has 170 valence electrons. The number of fused-ring (bicyclic) bond motifs is 1. The second-order valence-electron chi connectivity index (χ2n) is 6.49. The van der Waals surface area contributed by atoms with Gasteiger partial charge in [-0.3, -0.25) is 4.98 Å². The van der Waals surface area contributed by atoms with Gasteiger partial charge in [0.1, 0.15) is 30.1 Å². The predicted octanol–water partition coefficient (Wildman–Crippen LogP) is 2.47. The minimum absolute atomic E-state index is 0.0195. The monoisotopic (exact) mass is 443 g/mol. The van der Waals surface area contributed by atoms with Gasteiger partial charge in [-0.25, -0.2) is 9.59 Å². The smallest absolute Gasteiger partial charge is 0.351 e. The second-order valence-corrected chi connectivity index (χ2v) is 6.49. The maximum absolute atomic E-state index is 12.1. The number of pyridine rings is 1. The van der Waals surface area contributed by atoms with Gasteiger partial charge in [0, 0.05) is 17.8 Å². The summed E-state index contributed by atoms with van der Waals surface area (Å²) in [7, 11) is 0. The van der Waals surface area contributed by atoms with Crippen LogP contribution in [0.15, 0.2) is 64.1 Å². The van der Waals surface area contributed by atoms with Crippen LogP contribution in [0.5, 0.6) is 5.75 Å². The van der Waals surface area contributed by atoms with E-state index in [9.17, 15) is 9.59 Å². The molecule has 9 nitrogen and oxygen atoms in total. The number of hydrogen-bond donors (Lipinski definition) is 0. The van der Waals surface area contributed by atoms with Crippen molar-refractivity contribution < 1.29 is 32.9 Å². The topological polar surface area (TPSA) is 106 Å². The Hall–Kier alpha value is -3.27. The molecule has 0 atom stereocenters. The average Bonchev–Trinajstić information content (AvgIpc) is 2.82. The molecule has 0 N–H and O–H groups in total. The van der Waals surface area contributed by atoms with Crippen molar-refractivity contribution in [1.29, 1.82) is 0 Å². The molecule has 3 rings (SSSR count). The number of hydrogen-bond acceptors (Lipinski definition) is 9. The van der Waals surface area contributed by atoms with Crippen LogP contribution >= 0.6 is 0 Å². The van der Waals surface area contributed by atoms with Gasteiger partial charge in [0.25, 0.3) is 0 Å². The zero-order chi connectivity index (χ0) is 22.4. The number of aromatic nitrogens is 1. The molecule has 32 heavy (non-hydrogen) atoms. The van der Waals surface area contributed by atoms with E-state index in [2.05, 4.69) is 4.98 Å². The molecule has 0 spiro atoms. The lowest BCUT2D eigenvalue weighted by atomic mass is 10.2. The first-order valence-electron chi connectivity index (χ1n) is 10.2. The van der Waals surface area contributed by atoms with Crippen LogP contribution in [-0.2, 0) is 18.9 Å². The van der Waals surface area contributed by atoms with Gasteiger partial charge in [-0.1, -0.05) is 18.2 Å². The minimum atomic E-state index is -0.741. The lowest BCUT2D eigenvalue weighted by molar-refractivity contribution is -0.00231. The van der Waals surface area contributed by atoms with E-state index in [1.54, 1.807) is 48.8 Å². The first kappa shape index (κ1) is 23.4. The molecular formula is C23H25NO8. The van der Waals surface area contributed by atoms with Gasteiger partial charge >= 0.3 is 11.6 Å². The maximum Gasteiger partial charge on any atom is 0.351 e. The number of nitrogens with zero attached hydrogens (tertiary/aromatic N) is 1. The van der Waals surface area contributed by atoms with Crippen LogP contribution in [-0.4, -0.2) is 63.8 Å². The van der Waals surface area contributed by atoms with E-state index in [-0.39, 0.29) is 18.8 Å². The first-order valence-corrected chi connectivity index (χ1v) is 10.2. The number of carbonyl (C=O) groups excluding carboxylic acids is 1.